The summed E-state index contributed by atoms with van der Waals surface area (Å²) in [5.74, 6) is 0. The first-order valence-electron chi connectivity index (χ1n) is 7.31. The molecule has 2 aromatic rings. The highest BCUT2D eigenvalue weighted by molar-refractivity contribution is 5.76. The van der Waals surface area contributed by atoms with Gasteiger partial charge in [-0.1, -0.05) is 30.3 Å². The van der Waals surface area contributed by atoms with Crippen molar-refractivity contribution in [1.82, 2.24) is 5.32 Å². The third kappa shape index (κ3) is 2.51. The average Bonchev–Trinajstić information content (AvgIpc) is 2.45. The van der Waals surface area contributed by atoms with Gasteiger partial charge in [-0.2, -0.15) is 0 Å². The molecule has 2 rings (SSSR count). The van der Waals surface area contributed by atoms with Gasteiger partial charge in [0.2, 0.25) is 0 Å². The van der Waals surface area contributed by atoms with Crippen LogP contribution in [0, 0.1) is 27.7 Å². The summed E-state index contributed by atoms with van der Waals surface area (Å²) in [6.45, 7) is 11.1. The Morgan fingerprint density at radius 1 is 0.900 bits per heavy atom. The van der Waals surface area contributed by atoms with Crippen LogP contribution >= 0.6 is 0 Å². The molecular formula is C19H25N. The summed E-state index contributed by atoms with van der Waals surface area (Å²) in [4.78, 5) is 0. The summed E-state index contributed by atoms with van der Waals surface area (Å²) in [5, 5.41) is 3.36. The molecular weight excluding hydrogens is 242 g/mol. The molecule has 0 heterocycles. The lowest BCUT2D eigenvalue weighted by atomic mass is 9.86. The van der Waals surface area contributed by atoms with Crippen molar-refractivity contribution >= 4 is 0 Å². The molecule has 106 valence electrons. The Morgan fingerprint density at radius 3 is 2.00 bits per heavy atom. The smallest absolute Gasteiger partial charge is 0.0295 e. The summed E-state index contributed by atoms with van der Waals surface area (Å²) in [6, 6.07) is 11.4. The van der Waals surface area contributed by atoms with E-state index in [0.717, 1.165) is 0 Å². The predicted molar refractivity (Wildman–Crippen MR) is 88.3 cm³/mol. The van der Waals surface area contributed by atoms with Gasteiger partial charge in [-0.05, 0) is 80.6 Å². The monoisotopic (exact) mass is 267 g/mol. The van der Waals surface area contributed by atoms with Gasteiger partial charge >= 0.3 is 0 Å². The minimum atomic E-state index is 0.353. The lowest BCUT2D eigenvalue weighted by Gasteiger charge is -2.21. The number of hydrogen-bond acceptors (Lipinski definition) is 1. The molecule has 0 amide bonds. The SMILES string of the molecule is CNC(C)c1ccccc1-c1c(C)c(C)cc(C)c1C. The van der Waals surface area contributed by atoms with Crippen LogP contribution in [-0.2, 0) is 0 Å². The lowest BCUT2D eigenvalue weighted by Crippen LogP contribution is -2.13. The normalized spacial score (nSPS) is 12.5. The Balaban J connectivity index is 2.76. The molecule has 0 aliphatic heterocycles. The van der Waals surface area contributed by atoms with Crippen LogP contribution in [0.4, 0.5) is 0 Å². The molecule has 1 N–H and O–H groups in total. The van der Waals surface area contributed by atoms with Crippen LogP contribution in [-0.4, -0.2) is 7.05 Å². The summed E-state index contributed by atoms with van der Waals surface area (Å²) in [7, 11) is 2.02. The third-order valence-corrected chi connectivity index (χ3v) is 4.50. The first kappa shape index (κ1) is 14.8. The fourth-order valence-corrected chi connectivity index (χ4v) is 2.88. The van der Waals surface area contributed by atoms with Crippen molar-refractivity contribution in [2.45, 2.75) is 40.7 Å². The van der Waals surface area contributed by atoms with E-state index in [-0.39, 0.29) is 0 Å². The molecule has 1 heteroatoms. The van der Waals surface area contributed by atoms with Crippen molar-refractivity contribution in [1.29, 1.82) is 0 Å². The maximum atomic E-state index is 3.36. The second-order valence-electron chi connectivity index (χ2n) is 5.73. The number of nitrogens with one attached hydrogen (secondary N) is 1. The standard InChI is InChI=1S/C19H25N/c1-12-11-13(2)15(4)19(14(12)3)18-10-8-7-9-17(18)16(5)20-6/h7-11,16,20H,1-6H3. The van der Waals surface area contributed by atoms with Crippen molar-refractivity contribution in [3.63, 3.8) is 0 Å². The maximum Gasteiger partial charge on any atom is 0.0295 e. The molecule has 0 saturated heterocycles. The summed E-state index contributed by atoms with van der Waals surface area (Å²) in [6.07, 6.45) is 0. The van der Waals surface area contributed by atoms with E-state index in [9.17, 15) is 0 Å². The highest BCUT2D eigenvalue weighted by Crippen LogP contribution is 2.35. The molecule has 1 nitrogen and oxygen atoms in total. The molecule has 0 saturated carbocycles. The van der Waals surface area contributed by atoms with Gasteiger partial charge in [-0.3, -0.25) is 0 Å². The van der Waals surface area contributed by atoms with Gasteiger partial charge < -0.3 is 5.32 Å². The van der Waals surface area contributed by atoms with Gasteiger partial charge in [0.15, 0.2) is 0 Å². The Morgan fingerprint density at radius 2 is 1.45 bits per heavy atom. The van der Waals surface area contributed by atoms with Gasteiger partial charge in [0.25, 0.3) is 0 Å². The van der Waals surface area contributed by atoms with Crippen LogP contribution in [0.25, 0.3) is 11.1 Å². The molecule has 0 aliphatic carbocycles. The van der Waals surface area contributed by atoms with Crippen molar-refractivity contribution in [3.8, 4) is 11.1 Å². The Hall–Kier alpha value is -1.60. The van der Waals surface area contributed by atoms with Gasteiger partial charge in [0.05, 0.1) is 0 Å². The molecule has 0 spiro atoms. The minimum absolute atomic E-state index is 0.353. The lowest BCUT2D eigenvalue weighted by molar-refractivity contribution is 0.653. The summed E-state index contributed by atoms with van der Waals surface area (Å²) < 4.78 is 0. The van der Waals surface area contributed by atoms with Gasteiger partial charge in [-0.25, -0.2) is 0 Å². The van der Waals surface area contributed by atoms with E-state index in [1.807, 2.05) is 7.05 Å². The summed E-state index contributed by atoms with van der Waals surface area (Å²) in [5.41, 5.74) is 9.65. The second kappa shape index (κ2) is 5.80. The van der Waals surface area contributed by atoms with Crippen molar-refractivity contribution < 1.29 is 0 Å². The molecule has 0 aliphatic rings. The number of benzene rings is 2. The maximum absolute atomic E-state index is 3.36. The topological polar surface area (TPSA) is 12.0 Å². The van der Waals surface area contributed by atoms with Gasteiger partial charge in [0.1, 0.15) is 0 Å². The fraction of sp³-hybridized carbons (Fsp3) is 0.368. The average molecular weight is 267 g/mol. The van der Waals surface area contributed by atoms with Crippen LogP contribution in [0.1, 0.15) is 40.8 Å². The quantitative estimate of drug-likeness (QED) is 0.836. The molecule has 20 heavy (non-hydrogen) atoms. The highest BCUT2D eigenvalue weighted by atomic mass is 14.9. The van der Waals surface area contributed by atoms with E-state index >= 15 is 0 Å². The Kier molecular flexibility index (Phi) is 4.29. The molecule has 0 radical (unpaired) electrons. The first-order chi connectivity index (χ1) is 9.47. The van der Waals surface area contributed by atoms with Crippen molar-refractivity contribution in [2.24, 2.45) is 0 Å². The molecule has 1 atom stereocenters. The second-order valence-corrected chi connectivity index (χ2v) is 5.73. The van der Waals surface area contributed by atoms with Gasteiger partial charge in [-0.15, -0.1) is 0 Å². The largest absolute Gasteiger partial charge is 0.313 e. The Labute approximate surface area is 123 Å². The molecule has 2 aromatic carbocycles. The zero-order valence-electron chi connectivity index (χ0n) is 13.5. The number of rotatable bonds is 3. The van der Waals surface area contributed by atoms with Crippen LogP contribution in [0.15, 0.2) is 30.3 Å². The van der Waals surface area contributed by atoms with Crippen molar-refractivity contribution in [3.05, 3.63) is 58.1 Å². The summed E-state index contributed by atoms with van der Waals surface area (Å²) >= 11 is 0. The van der Waals surface area contributed by atoms with E-state index in [4.69, 9.17) is 0 Å². The van der Waals surface area contributed by atoms with E-state index in [2.05, 4.69) is 70.3 Å². The Bertz CT molecular complexity index is 600. The van der Waals surface area contributed by atoms with Crippen LogP contribution in [0.5, 0.6) is 0 Å². The third-order valence-electron chi connectivity index (χ3n) is 4.50. The van der Waals surface area contributed by atoms with Crippen molar-refractivity contribution in [2.75, 3.05) is 7.05 Å². The molecule has 0 bridgehead atoms. The zero-order valence-corrected chi connectivity index (χ0v) is 13.5. The van der Waals surface area contributed by atoms with E-state index in [0.29, 0.717) is 6.04 Å². The zero-order chi connectivity index (χ0) is 14.9. The molecule has 0 fully saturated rings. The number of aryl methyl sites for hydroxylation is 2. The van der Waals surface area contributed by atoms with E-state index in [1.54, 1.807) is 0 Å². The minimum Gasteiger partial charge on any atom is -0.313 e. The first-order valence-corrected chi connectivity index (χ1v) is 7.31. The van der Waals surface area contributed by atoms with E-state index < -0.39 is 0 Å². The molecule has 1 unspecified atom stereocenters. The fourth-order valence-electron chi connectivity index (χ4n) is 2.88. The predicted octanol–water partition coefficient (Wildman–Crippen LogP) is 4.87. The van der Waals surface area contributed by atoms with Crippen LogP contribution in [0.3, 0.4) is 0 Å². The van der Waals surface area contributed by atoms with E-state index in [1.165, 1.54) is 38.9 Å². The number of hydrogen-bond donors (Lipinski definition) is 1. The highest BCUT2D eigenvalue weighted by Gasteiger charge is 2.15. The molecule has 0 aromatic heterocycles. The van der Waals surface area contributed by atoms with Crippen LogP contribution in [0.2, 0.25) is 0 Å². The van der Waals surface area contributed by atoms with Gasteiger partial charge in [0, 0.05) is 6.04 Å². The van der Waals surface area contributed by atoms with Crippen LogP contribution < -0.4 is 5.32 Å².